The maximum absolute atomic E-state index is 13.1. The van der Waals surface area contributed by atoms with Crippen LogP contribution in [-0.4, -0.2) is 40.9 Å². The number of carbonyl (C=O) groups excluding carboxylic acids is 1. The molecule has 1 aliphatic rings. The molecule has 1 aliphatic heterocycles. The zero-order valence-electron chi connectivity index (χ0n) is 9.08. The number of halogens is 2. The Balaban J connectivity index is 2.54. The Morgan fingerprint density at radius 1 is 1.38 bits per heavy atom. The summed E-state index contributed by atoms with van der Waals surface area (Å²) >= 11 is 0. The van der Waals surface area contributed by atoms with Gasteiger partial charge in [-0.05, 0) is 12.8 Å². The number of hydrogen-bond donors (Lipinski definition) is 1. The van der Waals surface area contributed by atoms with Gasteiger partial charge < -0.3 is 10.0 Å². The summed E-state index contributed by atoms with van der Waals surface area (Å²) in [6.45, 7) is 1.46. The molecule has 0 aromatic carbocycles. The Morgan fingerprint density at radius 2 is 1.88 bits per heavy atom. The van der Waals surface area contributed by atoms with E-state index in [2.05, 4.69) is 0 Å². The number of nitrogens with zero attached hydrogens (tertiary/aromatic N) is 1. The number of aliphatic carboxylic acids is 1. The van der Waals surface area contributed by atoms with Crippen LogP contribution in [0.5, 0.6) is 0 Å². The Bertz CT molecular complexity index is 286. The molecule has 16 heavy (non-hydrogen) atoms. The number of carboxylic acid groups (broad SMARTS) is 1. The number of hydrogen-bond acceptors (Lipinski definition) is 2. The van der Waals surface area contributed by atoms with Gasteiger partial charge in [0.1, 0.15) is 0 Å². The molecule has 92 valence electrons. The van der Waals surface area contributed by atoms with Crippen molar-refractivity contribution in [2.45, 2.75) is 32.1 Å². The molecule has 4 nitrogen and oxygen atoms in total. The molecular weight excluding hydrogens is 220 g/mol. The summed E-state index contributed by atoms with van der Waals surface area (Å²) in [5, 5.41) is 8.72. The fraction of sp³-hybridized carbons (Fsp3) is 0.800. The van der Waals surface area contributed by atoms with E-state index >= 15 is 0 Å². The van der Waals surface area contributed by atoms with Gasteiger partial charge in [-0.15, -0.1) is 0 Å². The Morgan fingerprint density at radius 3 is 2.25 bits per heavy atom. The number of carboxylic acids is 1. The molecule has 1 saturated heterocycles. The summed E-state index contributed by atoms with van der Waals surface area (Å²) in [4.78, 5) is 23.0. The molecule has 1 rings (SSSR count). The molecule has 1 N–H and O–H groups in total. The lowest BCUT2D eigenvalue weighted by Crippen LogP contribution is -2.47. The molecule has 0 unspecified atom stereocenters. The first-order valence-electron chi connectivity index (χ1n) is 5.28. The van der Waals surface area contributed by atoms with Gasteiger partial charge >= 0.3 is 11.9 Å². The highest BCUT2D eigenvalue weighted by Crippen LogP contribution is 2.25. The van der Waals surface area contributed by atoms with E-state index in [-0.39, 0.29) is 25.9 Å². The summed E-state index contributed by atoms with van der Waals surface area (Å²) in [5.41, 5.74) is 0. The SMILES string of the molecule is CCC(F)(F)C(=O)N1CCC(C(=O)O)CC1. The summed E-state index contributed by atoms with van der Waals surface area (Å²) in [5.74, 6) is -5.94. The van der Waals surface area contributed by atoms with Crippen molar-refractivity contribution in [3.63, 3.8) is 0 Å². The smallest absolute Gasteiger partial charge is 0.324 e. The number of alkyl halides is 2. The van der Waals surface area contributed by atoms with Crippen molar-refractivity contribution >= 4 is 11.9 Å². The molecule has 1 fully saturated rings. The van der Waals surface area contributed by atoms with E-state index in [1.807, 2.05) is 0 Å². The van der Waals surface area contributed by atoms with Crippen molar-refractivity contribution < 1.29 is 23.5 Å². The maximum atomic E-state index is 13.1. The lowest BCUT2D eigenvalue weighted by molar-refractivity contribution is -0.161. The van der Waals surface area contributed by atoms with Crippen LogP contribution < -0.4 is 0 Å². The fourth-order valence-corrected chi connectivity index (χ4v) is 1.71. The van der Waals surface area contributed by atoms with Crippen molar-refractivity contribution in [3.8, 4) is 0 Å². The van der Waals surface area contributed by atoms with Gasteiger partial charge in [0, 0.05) is 19.5 Å². The standard InChI is InChI=1S/C10H15F2NO3/c1-2-10(11,12)9(16)13-5-3-7(4-6-13)8(14)15/h7H,2-6H2,1H3,(H,14,15). The molecule has 0 bridgehead atoms. The minimum atomic E-state index is -3.32. The zero-order valence-corrected chi connectivity index (χ0v) is 9.08. The Hall–Kier alpha value is -1.20. The third kappa shape index (κ3) is 2.68. The van der Waals surface area contributed by atoms with Crippen molar-refractivity contribution in [1.82, 2.24) is 4.90 Å². The summed E-state index contributed by atoms with van der Waals surface area (Å²) in [6, 6.07) is 0. The van der Waals surface area contributed by atoms with E-state index in [9.17, 15) is 18.4 Å². The van der Waals surface area contributed by atoms with Gasteiger partial charge in [-0.2, -0.15) is 8.78 Å². The topological polar surface area (TPSA) is 57.6 Å². The first-order chi connectivity index (χ1) is 7.38. The minimum absolute atomic E-state index is 0.103. The maximum Gasteiger partial charge on any atom is 0.324 e. The van der Waals surface area contributed by atoms with Gasteiger partial charge in [0.25, 0.3) is 5.91 Å². The van der Waals surface area contributed by atoms with Gasteiger partial charge in [-0.3, -0.25) is 9.59 Å². The number of piperidine rings is 1. The van der Waals surface area contributed by atoms with E-state index in [0.717, 1.165) is 4.90 Å². The average Bonchev–Trinajstić information content (AvgIpc) is 2.28. The van der Waals surface area contributed by atoms with Gasteiger partial charge in [0.05, 0.1) is 5.92 Å². The molecule has 1 heterocycles. The third-order valence-electron chi connectivity index (χ3n) is 2.89. The lowest BCUT2D eigenvalue weighted by atomic mass is 9.96. The van der Waals surface area contributed by atoms with Crippen LogP contribution in [0.1, 0.15) is 26.2 Å². The molecule has 6 heteroatoms. The Kier molecular flexibility index (Phi) is 3.83. The van der Waals surface area contributed by atoms with Crippen LogP contribution in [0, 0.1) is 5.92 Å². The van der Waals surface area contributed by atoms with E-state index in [0.29, 0.717) is 0 Å². The van der Waals surface area contributed by atoms with Gasteiger partial charge in [-0.25, -0.2) is 0 Å². The second-order valence-corrected chi connectivity index (χ2v) is 3.96. The van der Waals surface area contributed by atoms with Crippen LogP contribution in [0.2, 0.25) is 0 Å². The highest BCUT2D eigenvalue weighted by molar-refractivity contribution is 5.83. The molecule has 1 amide bonds. The number of likely N-dealkylation sites (tertiary alicyclic amines) is 1. The molecular formula is C10H15F2NO3. The van der Waals surface area contributed by atoms with E-state index in [1.54, 1.807) is 0 Å². The second-order valence-electron chi connectivity index (χ2n) is 3.96. The number of rotatable bonds is 3. The largest absolute Gasteiger partial charge is 0.481 e. The van der Waals surface area contributed by atoms with Crippen molar-refractivity contribution in [2.24, 2.45) is 5.92 Å². The predicted molar refractivity (Wildman–Crippen MR) is 52.2 cm³/mol. The first-order valence-corrected chi connectivity index (χ1v) is 5.28. The van der Waals surface area contributed by atoms with E-state index in [4.69, 9.17) is 5.11 Å². The van der Waals surface area contributed by atoms with Crippen molar-refractivity contribution in [3.05, 3.63) is 0 Å². The fourth-order valence-electron chi connectivity index (χ4n) is 1.71. The molecule has 0 aromatic heterocycles. The van der Waals surface area contributed by atoms with Crippen molar-refractivity contribution in [1.29, 1.82) is 0 Å². The molecule has 0 atom stereocenters. The van der Waals surface area contributed by atoms with E-state index in [1.165, 1.54) is 6.92 Å². The highest BCUT2D eigenvalue weighted by Gasteiger charge is 2.41. The average molecular weight is 235 g/mol. The van der Waals surface area contributed by atoms with Crippen LogP contribution in [0.25, 0.3) is 0 Å². The summed E-state index contributed by atoms with van der Waals surface area (Å²) < 4.78 is 26.2. The highest BCUT2D eigenvalue weighted by atomic mass is 19.3. The number of carbonyl (C=O) groups is 2. The number of amides is 1. The van der Waals surface area contributed by atoms with E-state index < -0.39 is 30.1 Å². The molecule has 0 aliphatic carbocycles. The summed E-state index contributed by atoms with van der Waals surface area (Å²) in [6.07, 6.45) is -0.0214. The van der Waals surface area contributed by atoms with Crippen LogP contribution >= 0.6 is 0 Å². The second kappa shape index (κ2) is 4.76. The summed E-state index contributed by atoms with van der Waals surface area (Å²) in [7, 11) is 0. The van der Waals surface area contributed by atoms with Crippen LogP contribution in [0.3, 0.4) is 0 Å². The van der Waals surface area contributed by atoms with Crippen LogP contribution in [0.15, 0.2) is 0 Å². The normalized spacial score (nSPS) is 18.6. The van der Waals surface area contributed by atoms with Crippen LogP contribution in [0.4, 0.5) is 8.78 Å². The molecule has 0 spiro atoms. The molecule has 0 aromatic rings. The van der Waals surface area contributed by atoms with Crippen LogP contribution in [-0.2, 0) is 9.59 Å². The Labute approximate surface area is 92.2 Å². The zero-order chi connectivity index (χ0) is 12.3. The molecule has 0 radical (unpaired) electrons. The predicted octanol–water partition coefficient (Wildman–Crippen LogP) is 1.35. The van der Waals surface area contributed by atoms with Gasteiger partial charge in [0.2, 0.25) is 0 Å². The van der Waals surface area contributed by atoms with Gasteiger partial charge in [-0.1, -0.05) is 6.92 Å². The molecule has 0 saturated carbocycles. The third-order valence-corrected chi connectivity index (χ3v) is 2.89. The lowest BCUT2D eigenvalue weighted by Gasteiger charge is -2.32. The monoisotopic (exact) mass is 235 g/mol. The van der Waals surface area contributed by atoms with Gasteiger partial charge in [0.15, 0.2) is 0 Å². The quantitative estimate of drug-likeness (QED) is 0.803. The van der Waals surface area contributed by atoms with Crippen molar-refractivity contribution in [2.75, 3.05) is 13.1 Å². The minimum Gasteiger partial charge on any atom is -0.481 e. The first kappa shape index (κ1) is 12.9.